The van der Waals surface area contributed by atoms with Crippen LogP contribution in [0.15, 0.2) is 29.2 Å². The van der Waals surface area contributed by atoms with Gasteiger partial charge in [0.1, 0.15) is 0 Å². The van der Waals surface area contributed by atoms with Gasteiger partial charge >= 0.3 is 5.97 Å². The van der Waals surface area contributed by atoms with Gasteiger partial charge in [-0.1, -0.05) is 12.1 Å². The molecule has 0 saturated carbocycles. The first-order valence-corrected chi connectivity index (χ1v) is 5.75. The van der Waals surface area contributed by atoms with Crippen LogP contribution < -0.4 is 0 Å². The molecule has 0 aliphatic rings. The van der Waals surface area contributed by atoms with Crippen LogP contribution in [0.3, 0.4) is 0 Å². The van der Waals surface area contributed by atoms with Crippen LogP contribution in [0.5, 0.6) is 0 Å². The minimum Gasteiger partial charge on any atom is -0.481 e. The largest absolute Gasteiger partial charge is 0.481 e. The van der Waals surface area contributed by atoms with Gasteiger partial charge in [0.2, 0.25) is 0 Å². The van der Waals surface area contributed by atoms with Crippen molar-refractivity contribution in [2.24, 2.45) is 0 Å². The van der Waals surface area contributed by atoms with Crippen LogP contribution in [0.25, 0.3) is 0 Å². The fourth-order valence-corrected chi connectivity index (χ4v) is 1.97. The summed E-state index contributed by atoms with van der Waals surface area (Å²) in [5.74, 6) is 0.0742. The lowest BCUT2D eigenvalue weighted by atomic mass is 10.2. The molecule has 0 unspecified atom stereocenters. The van der Waals surface area contributed by atoms with E-state index in [9.17, 15) is 4.79 Å². The second-order valence-corrected chi connectivity index (χ2v) is 4.31. The Hall–Kier alpha value is -1.00. The van der Waals surface area contributed by atoms with Gasteiger partial charge < -0.3 is 10.2 Å². The lowest BCUT2D eigenvalue weighted by Gasteiger charge is -2.01. The van der Waals surface area contributed by atoms with E-state index in [-0.39, 0.29) is 13.0 Å². The van der Waals surface area contributed by atoms with Crippen molar-refractivity contribution in [3.8, 4) is 0 Å². The van der Waals surface area contributed by atoms with Crippen molar-refractivity contribution in [2.45, 2.75) is 17.7 Å². The first-order chi connectivity index (χ1) is 7.22. The lowest BCUT2D eigenvalue weighted by molar-refractivity contribution is -0.136. The van der Waals surface area contributed by atoms with Crippen molar-refractivity contribution in [1.29, 1.82) is 0 Å². The number of rotatable bonds is 6. The van der Waals surface area contributed by atoms with Gasteiger partial charge in [-0.05, 0) is 24.1 Å². The van der Waals surface area contributed by atoms with Crippen molar-refractivity contribution in [3.63, 3.8) is 0 Å². The van der Waals surface area contributed by atoms with Gasteiger partial charge in [-0.15, -0.1) is 11.8 Å². The second-order valence-electron chi connectivity index (χ2n) is 3.14. The maximum atomic E-state index is 10.4. The third-order valence-corrected chi connectivity index (χ3v) is 2.95. The molecule has 82 valence electrons. The molecule has 0 aliphatic heterocycles. The first kappa shape index (κ1) is 12.1. The molecule has 0 aliphatic carbocycles. The van der Waals surface area contributed by atoms with Crippen molar-refractivity contribution in [2.75, 3.05) is 12.4 Å². The van der Waals surface area contributed by atoms with E-state index in [0.717, 1.165) is 22.6 Å². The Morgan fingerprint density at radius 1 is 1.27 bits per heavy atom. The standard InChI is InChI=1S/C11H14O3S/c12-6-1-7-15-10-4-2-9(3-5-10)8-11(13)14/h2-5,12H,1,6-8H2,(H,13,14). The third-order valence-electron chi connectivity index (χ3n) is 1.85. The van der Waals surface area contributed by atoms with Crippen LogP contribution in [-0.2, 0) is 11.2 Å². The predicted octanol–water partition coefficient (Wildman–Crippen LogP) is 1.79. The minimum absolute atomic E-state index is 0.0710. The number of benzene rings is 1. The zero-order valence-electron chi connectivity index (χ0n) is 8.35. The summed E-state index contributed by atoms with van der Waals surface area (Å²) in [5, 5.41) is 17.2. The Morgan fingerprint density at radius 3 is 2.47 bits per heavy atom. The summed E-state index contributed by atoms with van der Waals surface area (Å²) >= 11 is 1.67. The van der Waals surface area contributed by atoms with E-state index in [4.69, 9.17) is 10.2 Å². The predicted molar refractivity (Wildman–Crippen MR) is 60.2 cm³/mol. The van der Waals surface area contributed by atoms with Gasteiger partial charge in [-0.3, -0.25) is 4.79 Å². The SMILES string of the molecule is O=C(O)Cc1ccc(SCCCO)cc1. The highest BCUT2D eigenvalue weighted by Gasteiger charge is 2.00. The number of carboxylic acids is 1. The normalized spacial score (nSPS) is 10.2. The molecule has 0 atom stereocenters. The molecule has 0 heterocycles. The fourth-order valence-electron chi connectivity index (χ4n) is 1.13. The molecule has 4 heteroatoms. The highest BCUT2D eigenvalue weighted by molar-refractivity contribution is 7.99. The number of carboxylic acid groups (broad SMARTS) is 1. The number of aliphatic hydroxyl groups excluding tert-OH is 1. The third kappa shape index (κ3) is 4.85. The van der Waals surface area contributed by atoms with Crippen LogP contribution in [0.4, 0.5) is 0 Å². The molecule has 2 N–H and O–H groups in total. The van der Waals surface area contributed by atoms with Gasteiger partial charge in [0.15, 0.2) is 0 Å². The molecule has 0 amide bonds. The summed E-state index contributed by atoms with van der Waals surface area (Å²) in [4.78, 5) is 11.5. The summed E-state index contributed by atoms with van der Waals surface area (Å²) in [5.41, 5.74) is 0.814. The molecule has 0 spiro atoms. The van der Waals surface area contributed by atoms with E-state index in [0.29, 0.717) is 0 Å². The molecular formula is C11H14O3S. The summed E-state index contributed by atoms with van der Waals surface area (Å²) in [6, 6.07) is 7.49. The van der Waals surface area contributed by atoms with Gasteiger partial charge in [-0.2, -0.15) is 0 Å². The molecular weight excluding hydrogens is 212 g/mol. The molecule has 0 aromatic heterocycles. The Balaban J connectivity index is 2.45. The first-order valence-electron chi connectivity index (χ1n) is 4.77. The minimum atomic E-state index is -0.810. The summed E-state index contributed by atoms with van der Waals surface area (Å²) in [6.45, 7) is 0.212. The van der Waals surface area contributed by atoms with E-state index in [2.05, 4.69) is 0 Å². The Labute approximate surface area is 93.1 Å². The summed E-state index contributed by atoms with van der Waals surface area (Å²) in [6.07, 6.45) is 0.850. The number of thioether (sulfide) groups is 1. The quantitative estimate of drug-likeness (QED) is 0.573. The van der Waals surface area contributed by atoms with Gasteiger partial charge in [0.05, 0.1) is 6.42 Å². The highest BCUT2D eigenvalue weighted by atomic mass is 32.2. The fraction of sp³-hybridized carbons (Fsp3) is 0.364. The van der Waals surface area contributed by atoms with Crippen molar-refractivity contribution < 1.29 is 15.0 Å². The van der Waals surface area contributed by atoms with E-state index in [1.807, 2.05) is 24.3 Å². The lowest BCUT2D eigenvalue weighted by Crippen LogP contribution is -1.99. The van der Waals surface area contributed by atoms with Crippen LogP contribution in [0, 0.1) is 0 Å². The van der Waals surface area contributed by atoms with Crippen LogP contribution in [0.1, 0.15) is 12.0 Å². The smallest absolute Gasteiger partial charge is 0.307 e. The van der Waals surface area contributed by atoms with E-state index in [1.54, 1.807) is 11.8 Å². The molecule has 3 nitrogen and oxygen atoms in total. The summed E-state index contributed by atoms with van der Waals surface area (Å²) < 4.78 is 0. The molecule has 0 fully saturated rings. The van der Waals surface area contributed by atoms with Gasteiger partial charge in [-0.25, -0.2) is 0 Å². The Bertz CT molecular complexity index is 308. The molecule has 1 aromatic carbocycles. The second kappa shape index (κ2) is 6.48. The van der Waals surface area contributed by atoms with Crippen molar-refractivity contribution in [1.82, 2.24) is 0 Å². The maximum absolute atomic E-state index is 10.4. The average Bonchev–Trinajstić information content (AvgIpc) is 2.20. The zero-order valence-corrected chi connectivity index (χ0v) is 9.17. The van der Waals surface area contributed by atoms with Crippen molar-refractivity contribution in [3.05, 3.63) is 29.8 Å². The van der Waals surface area contributed by atoms with E-state index >= 15 is 0 Å². The van der Waals surface area contributed by atoms with Gasteiger partial charge in [0.25, 0.3) is 0 Å². The molecule has 0 radical (unpaired) electrons. The molecule has 0 bridgehead atoms. The molecule has 1 rings (SSSR count). The van der Waals surface area contributed by atoms with E-state index < -0.39 is 5.97 Å². The van der Waals surface area contributed by atoms with Crippen LogP contribution in [-0.4, -0.2) is 28.5 Å². The Morgan fingerprint density at radius 2 is 1.93 bits per heavy atom. The van der Waals surface area contributed by atoms with Crippen molar-refractivity contribution >= 4 is 17.7 Å². The zero-order chi connectivity index (χ0) is 11.1. The monoisotopic (exact) mass is 226 g/mol. The average molecular weight is 226 g/mol. The number of carbonyl (C=O) groups is 1. The molecule has 1 aromatic rings. The number of aliphatic carboxylic acids is 1. The topological polar surface area (TPSA) is 57.5 Å². The summed E-state index contributed by atoms with van der Waals surface area (Å²) in [7, 11) is 0. The van der Waals surface area contributed by atoms with Gasteiger partial charge in [0, 0.05) is 17.3 Å². The Kier molecular flexibility index (Phi) is 5.21. The molecule has 15 heavy (non-hydrogen) atoms. The number of hydrogen-bond donors (Lipinski definition) is 2. The molecule has 0 saturated heterocycles. The highest BCUT2D eigenvalue weighted by Crippen LogP contribution is 2.19. The number of aliphatic hydroxyl groups is 1. The van der Waals surface area contributed by atoms with E-state index in [1.165, 1.54) is 0 Å². The number of hydrogen-bond acceptors (Lipinski definition) is 3. The van der Waals surface area contributed by atoms with Crippen LogP contribution in [0.2, 0.25) is 0 Å². The maximum Gasteiger partial charge on any atom is 0.307 e. The van der Waals surface area contributed by atoms with Crippen LogP contribution >= 0.6 is 11.8 Å².